The first-order chi connectivity index (χ1) is 6.25. The van der Waals surface area contributed by atoms with Gasteiger partial charge in [-0.25, -0.2) is 0 Å². The maximum Gasteiger partial charge on any atom is 0.253 e. The Balaban J connectivity index is 2.81. The lowest BCUT2D eigenvalue weighted by Gasteiger charge is -2.02. The second kappa shape index (κ2) is 4.51. The number of aromatic nitrogens is 1. The zero-order valence-electron chi connectivity index (χ0n) is 8.00. The quantitative estimate of drug-likeness (QED) is 0.625. The van der Waals surface area contributed by atoms with Crippen LogP contribution < -0.4 is 5.56 Å². The molecular formula is C11H13NO. The Labute approximate surface area is 78.2 Å². The van der Waals surface area contributed by atoms with Crippen molar-refractivity contribution in [1.29, 1.82) is 0 Å². The fourth-order valence-electron chi connectivity index (χ4n) is 1.13. The van der Waals surface area contributed by atoms with Crippen molar-refractivity contribution in [3.05, 3.63) is 34.2 Å². The predicted octanol–water partition coefficient (Wildman–Crippen LogP) is 1.57. The van der Waals surface area contributed by atoms with Crippen molar-refractivity contribution in [2.75, 3.05) is 0 Å². The molecule has 0 N–H and O–H groups in total. The molecule has 0 bridgehead atoms. The number of nitrogens with zero attached hydrogens (tertiary/aromatic N) is 1. The van der Waals surface area contributed by atoms with Gasteiger partial charge in [-0.1, -0.05) is 6.07 Å². The standard InChI is InChI=1S/C11H13NO/c1-3-4-5-8-12-9-6-7-10(2)11(12)13/h6-7,9H,5,8H2,1-2H3. The summed E-state index contributed by atoms with van der Waals surface area (Å²) in [6, 6.07) is 3.71. The highest BCUT2D eigenvalue weighted by atomic mass is 16.1. The number of pyridine rings is 1. The van der Waals surface area contributed by atoms with Crippen LogP contribution in [-0.2, 0) is 6.54 Å². The van der Waals surface area contributed by atoms with E-state index in [1.54, 1.807) is 17.7 Å². The topological polar surface area (TPSA) is 22.0 Å². The highest BCUT2D eigenvalue weighted by Crippen LogP contribution is 1.90. The summed E-state index contributed by atoms with van der Waals surface area (Å²) in [6.07, 6.45) is 2.53. The minimum absolute atomic E-state index is 0.0837. The average Bonchev–Trinajstić information content (AvgIpc) is 2.13. The second-order valence-electron chi connectivity index (χ2n) is 2.87. The summed E-state index contributed by atoms with van der Waals surface area (Å²) in [5.41, 5.74) is 0.868. The fraction of sp³-hybridized carbons (Fsp3) is 0.364. The Morgan fingerprint density at radius 2 is 2.31 bits per heavy atom. The number of rotatable bonds is 2. The molecule has 0 aliphatic carbocycles. The first kappa shape index (κ1) is 9.60. The summed E-state index contributed by atoms with van der Waals surface area (Å²) in [6.45, 7) is 4.31. The molecule has 0 saturated carbocycles. The Morgan fingerprint density at radius 3 is 3.00 bits per heavy atom. The molecule has 0 amide bonds. The lowest BCUT2D eigenvalue weighted by Crippen LogP contribution is -2.20. The normalized spacial score (nSPS) is 9.08. The maximum atomic E-state index is 11.5. The molecule has 1 aromatic rings. The van der Waals surface area contributed by atoms with Gasteiger partial charge in [0.1, 0.15) is 0 Å². The molecule has 2 heteroatoms. The maximum absolute atomic E-state index is 11.5. The molecule has 68 valence electrons. The zero-order chi connectivity index (χ0) is 9.68. The molecule has 0 saturated heterocycles. The van der Waals surface area contributed by atoms with Crippen LogP contribution in [0.2, 0.25) is 0 Å². The molecule has 0 spiro atoms. The van der Waals surface area contributed by atoms with Gasteiger partial charge in [0.05, 0.1) is 0 Å². The highest BCUT2D eigenvalue weighted by molar-refractivity contribution is 5.07. The molecule has 0 unspecified atom stereocenters. The van der Waals surface area contributed by atoms with Gasteiger partial charge in [-0.3, -0.25) is 4.79 Å². The largest absolute Gasteiger partial charge is 0.314 e. The third-order valence-electron chi connectivity index (χ3n) is 1.86. The van der Waals surface area contributed by atoms with Crippen LogP contribution in [0.5, 0.6) is 0 Å². The molecule has 0 radical (unpaired) electrons. The summed E-state index contributed by atoms with van der Waals surface area (Å²) in [5.74, 6) is 5.74. The van der Waals surface area contributed by atoms with Gasteiger partial charge in [-0.15, -0.1) is 11.8 Å². The van der Waals surface area contributed by atoms with Crippen molar-refractivity contribution in [1.82, 2.24) is 4.57 Å². The van der Waals surface area contributed by atoms with Crippen LogP contribution in [0.4, 0.5) is 0 Å². The highest BCUT2D eigenvalue weighted by Gasteiger charge is 1.95. The van der Waals surface area contributed by atoms with Gasteiger partial charge in [-0.2, -0.15) is 0 Å². The third kappa shape index (κ3) is 2.48. The first-order valence-electron chi connectivity index (χ1n) is 4.31. The molecule has 0 atom stereocenters. The van der Waals surface area contributed by atoms with E-state index < -0.39 is 0 Å². The smallest absolute Gasteiger partial charge is 0.253 e. The lowest BCUT2D eigenvalue weighted by atomic mass is 10.3. The SMILES string of the molecule is CC#CCCn1cccc(C)c1=O. The van der Waals surface area contributed by atoms with Crippen LogP contribution >= 0.6 is 0 Å². The molecular weight excluding hydrogens is 162 g/mol. The van der Waals surface area contributed by atoms with Crippen LogP contribution in [0.1, 0.15) is 18.9 Å². The Hall–Kier alpha value is -1.49. The van der Waals surface area contributed by atoms with E-state index in [4.69, 9.17) is 0 Å². The van der Waals surface area contributed by atoms with Crippen LogP contribution in [0.3, 0.4) is 0 Å². The van der Waals surface area contributed by atoms with E-state index in [9.17, 15) is 4.79 Å². The van der Waals surface area contributed by atoms with E-state index in [0.717, 1.165) is 12.0 Å². The van der Waals surface area contributed by atoms with Crippen molar-refractivity contribution in [3.8, 4) is 11.8 Å². The molecule has 1 heterocycles. The third-order valence-corrected chi connectivity index (χ3v) is 1.86. The lowest BCUT2D eigenvalue weighted by molar-refractivity contribution is 0.684. The Morgan fingerprint density at radius 1 is 1.54 bits per heavy atom. The van der Waals surface area contributed by atoms with Crippen LogP contribution in [0, 0.1) is 18.8 Å². The molecule has 1 aromatic heterocycles. The molecule has 0 fully saturated rings. The number of hydrogen-bond acceptors (Lipinski definition) is 1. The Kier molecular flexibility index (Phi) is 3.33. The average molecular weight is 175 g/mol. The predicted molar refractivity (Wildman–Crippen MR) is 53.5 cm³/mol. The number of aryl methyl sites for hydroxylation is 2. The van der Waals surface area contributed by atoms with Crippen molar-refractivity contribution in [2.45, 2.75) is 26.8 Å². The molecule has 1 rings (SSSR count). The summed E-state index contributed by atoms with van der Waals surface area (Å²) in [4.78, 5) is 11.5. The van der Waals surface area contributed by atoms with Gasteiger partial charge in [-0.05, 0) is 19.9 Å². The van der Waals surface area contributed by atoms with Crippen LogP contribution in [0.15, 0.2) is 23.1 Å². The van der Waals surface area contributed by atoms with E-state index in [1.165, 1.54) is 0 Å². The van der Waals surface area contributed by atoms with E-state index in [2.05, 4.69) is 11.8 Å². The van der Waals surface area contributed by atoms with E-state index in [-0.39, 0.29) is 5.56 Å². The van der Waals surface area contributed by atoms with E-state index >= 15 is 0 Å². The van der Waals surface area contributed by atoms with Gasteiger partial charge in [0.15, 0.2) is 0 Å². The van der Waals surface area contributed by atoms with Crippen molar-refractivity contribution in [2.24, 2.45) is 0 Å². The van der Waals surface area contributed by atoms with Crippen LogP contribution in [-0.4, -0.2) is 4.57 Å². The van der Waals surface area contributed by atoms with Crippen molar-refractivity contribution < 1.29 is 0 Å². The van der Waals surface area contributed by atoms with Crippen molar-refractivity contribution in [3.63, 3.8) is 0 Å². The first-order valence-corrected chi connectivity index (χ1v) is 4.31. The van der Waals surface area contributed by atoms with Gasteiger partial charge >= 0.3 is 0 Å². The summed E-state index contributed by atoms with van der Waals surface area (Å²) in [7, 11) is 0. The molecule has 0 aromatic carbocycles. The van der Waals surface area contributed by atoms with Crippen molar-refractivity contribution >= 4 is 0 Å². The monoisotopic (exact) mass is 175 g/mol. The van der Waals surface area contributed by atoms with E-state index in [1.807, 2.05) is 19.1 Å². The number of hydrogen-bond donors (Lipinski definition) is 0. The zero-order valence-corrected chi connectivity index (χ0v) is 8.00. The fourth-order valence-corrected chi connectivity index (χ4v) is 1.13. The van der Waals surface area contributed by atoms with Gasteiger partial charge in [0.25, 0.3) is 5.56 Å². The van der Waals surface area contributed by atoms with Gasteiger partial charge in [0, 0.05) is 24.7 Å². The molecule has 13 heavy (non-hydrogen) atoms. The Bertz CT molecular complexity index is 393. The van der Waals surface area contributed by atoms with Crippen LogP contribution in [0.25, 0.3) is 0 Å². The molecule has 2 nitrogen and oxygen atoms in total. The minimum Gasteiger partial charge on any atom is -0.314 e. The van der Waals surface area contributed by atoms with E-state index in [0.29, 0.717) is 6.54 Å². The summed E-state index contributed by atoms with van der Waals surface area (Å²) >= 11 is 0. The second-order valence-corrected chi connectivity index (χ2v) is 2.87. The molecule has 0 aliphatic rings. The van der Waals surface area contributed by atoms with Gasteiger partial charge in [0.2, 0.25) is 0 Å². The summed E-state index contributed by atoms with van der Waals surface area (Å²) in [5, 5.41) is 0. The summed E-state index contributed by atoms with van der Waals surface area (Å²) < 4.78 is 1.69. The molecule has 0 aliphatic heterocycles. The minimum atomic E-state index is 0.0837. The van der Waals surface area contributed by atoms with Gasteiger partial charge < -0.3 is 4.57 Å².